The minimum absolute atomic E-state index is 0.300. The van der Waals surface area contributed by atoms with Crippen molar-refractivity contribution in [1.29, 1.82) is 0 Å². The molecule has 0 radical (unpaired) electrons. The lowest BCUT2D eigenvalue weighted by molar-refractivity contribution is 0.0980. The van der Waals surface area contributed by atoms with E-state index in [-0.39, 0.29) is 6.09 Å². The second-order valence-corrected chi connectivity index (χ2v) is 5.03. The molecule has 1 aromatic rings. The van der Waals surface area contributed by atoms with E-state index < -0.39 is 0 Å². The van der Waals surface area contributed by atoms with E-state index >= 15 is 0 Å². The Balaban J connectivity index is 2.53. The third kappa shape index (κ3) is 5.77. The molecule has 0 aliphatic carbocycles. The zero-order valence-electron chi connectivity index (χ0n) is 12.3. The van der Waals surface area contributed by atoms with Gasteiger partial charge in [0.15, 0.2) is 0 Å². The minimum atomic E-state index is -0.300. The molecule has 0 unspecified atom stereocenters. The molecule has 1 rings (SSSR count). The number of hydrogen-bond donors (Lipinski definition) is 1. The molecule has 4 nitrogen and oxygen atoms in total. The third-order valence-electron chi connectivity index (χ3n) is 2.56. The van der Waals surface area contributed by atoms with E-state index in [0.29, 0.717) is 25.6 Å². The summed E-state index contributed by atoms with van der Waals surface area (Å²) in [5, 5.41) is 0. The van der Waals surface area contributed by atoms with E-state index in [4.69, 9.17) is 10.5 Å². The van der Waals surface area contributed by atoms with Gasteiger partial charge in [0.25, 0.3) is 0 Å². The molecule has 4 heteroatoms. The number of benzene rings is 1. The van der Waals surface area contributed by atoms with E-state index in [0.717, 1.165) is 11.1 Å². The first-order chi connectivity index (χ1) is 9.52. The molecule has 1 amide bonds. The zero-order chi connectivity index (χ0) is 15.0. The van der Waals surface area contributed by atoms with Crippen LogP contribution in [0.25, 0.3) is 0 Å². The molecule has 0 aromatic heterocycles. The Morgan fingerprint density at radius 1 is 1.35 bits per heavy atom. The number of carbonyl (C=O) groups is 1. The number of rotatable bonds is 4. The fraction of sp³-hybridized carbons (Fsp3) is 0.438. The summed E-state index contributed by atoms with van der Waals surface area (Å²) in [6.45, 7) is 5.33. The quantitative estimate of drug-likeness (QED) is 0.857. The molecular formula is C16H22N2O2. The molecule has 0 aliphatic rings. The molecule has 1 aromatic carbocycles. The predicted octanol–water partition coefficient (Wildman–Crippen LogP) is 2.22. The highest BCUT2D eigenvalue weighted by atomic mass is 16.6. The highest BCUT2D eigenvalue weighted by molar-refractivity contribution is 5.67. The maximum atomic E-state index is 11.7. The number of ether oxygens (including phenoxy) is 1. The topological polar surface area (TPSA) is 55.6 Å². The third-order valence-corrected chi connectivity index (χ3v) is 2.56. The normalized spacial score (nSPS) is 9.85. The van der Waals surface area contributed by atoms with Crippen molar-refractivity contribution in [3.63, 3.8) is 0 Å². The van der Waals surface area contributed by atoms with Gasteiger partial charge in [0.05, 0.1) is 13.2 Å². The SMILES string of the molecule is CC(C)COC(=O)N(C)Cc1ccc(C#CCN)cc1. The average molecular weight is 274 g/mol. The summed E-state index contributed by atoms with van der Waals surface area (Å²) in [5.41, 5.74) is 7.28. The van der Waals surface area contributed by atoms with Gasteiger partial charge in [0.1, 0.15) is 0 Å². The van der Waals surface area contributed by atoms with Crippen molar-refractivity contribution < 1.29 is 9.53 Å². The Kier molecular flexibility index (Phi) is 6.61. The van der Waals surface area contributed by atoms with Crippen molar-refractivity contribution in [2.75, 3.05) is 20.2 Å². The summed E-state index contributed by atoms with van der Waals surface area (Å²) in [6.07, 6.45) is -0.300. The highest BCUT2D eigenvalue weighted by Gasteiger charge is 2.11. The van der Waals surface area contributed by atoms with Crippen LogP contribution >= 0.6 is 0 Å². The second kappa shape index (κ2) is 8.23. The van der Waals surface area contributed by atoms with Gasteiger partial charge < -0.3 is 15.4 Å². The Bertz CT molecular complexity index is 483. The Hall–Kier alpha value is -1.99. The smallest absolute Gasteiger partial charge is 0.409 e. The van der Waals surface area contributed by atoms with E-state index in [1.54, 1.807) is 11.9 Å². The van der Waals surface area contributed by atoms with Crippen molar-refractivity contribution >= 4 is 6.09 Å². The fourth-order valence-electron chi connectivity index (χ4n) is 1.53. The largest absolute Gasteiger partial charge is 0.449 e. The van der Waals surface area contributed by atoms with Crippen LogP contribution in [-0.4, -0.2) is 31.2 Å². The van der Waals surface area contributed by atoms with E-state index in [1.165, 1.54) is 0 Å². The van der Waals surface area contributed by atoms with Crippen LogP contribution in [0.2, 0.25) is 0 Å². The lowest BCUT2D eigenvalue weighted by Crippen LogP contribution is -2.28. The second-order valence-electron chi connectivity index (χ2n) is 5.03. The summed E-state index contributed by atoms with van der Waals surface area (Å²) < 4.78 is 5.17. The number of amides is 1. The van der Waals surface area contributed by atoms with Crippen LogP contribution < -0.4 is 5.73 Å². The first-order valence-electron chi connectivity index (χ1n) is 6.68. The monoisotopic (exact) mass is 274 g/mol. The molecule has 0 aliphatic heterocycles. The minimum Gasteiger partial charge on any atom is -0.449 e. The van der Waals surface area contributed by atoms with E-state index in [9.17, 15) is 4.79 Å². The number of carbonyl (C=O) groups excluding carboxylic acids is 1. The van der Waals surface area contributed by atoms with Crippen LogP contribution in [0.5, 0.6) is 0 Å². The zero-order valence-corrected chi connectivity index (χ0v) is 12.3. The van der Waals surface area contributed by atoms with E-state index in [1.807, 2.05) is 38.1 Å². The summed E-state index contributed by atoms with van der Waals surface area (Å²) in [4.78, 5) is 13.3. The van der Waals surface area contributed by atoms with Gasteiger partial charge in [-0.2, -0.15) is 0 Å². The molecule has 0 fully saturated rings. The molecule has 0 saturated heterocycles. The van der Waals surface area contributed by atoms with E-state index in [2.05, 4.69) is 11.8 Å². The van der Waals surface area contributed by atoms with Gasteiger partial charge in [-0.05, 0) is 23.6 Å². The molecule has 0 bridgehead atoms. The maximum Gasteiger partial charge on any atom is 0.409 e. The van der Waals surface area contributed by atoms with Crippen LogP contribution in [0.3, 0.4) is 0 Å². The fourth-order valence-corrected chi connectivity index (χ4v) is 1.53. The standard InChI is InChI=1S/C16H22N2O2/c1-13(2)12-20-16(19)18(3)11-15-8-6-14(7-9-15)5-4-10-17/h6-9,13H,10-12,17H2,1-3H3. The molecule has 20 heavy (non-hydrogen) atoms. The summed E-state index contributed by atoms with van der Waals surface area (Å²) in [6, 6.07) is 7.75. The van der Waals surface area contributed by atoms with Crippen LogP contribution in [-0.2, 0) is 11.3 Å². The maximum absolute atomic E-state index is 11.7. The van der Waals surface area contributed by atoms with Crippen LogP contribution in [0.4, 0.5) is 4.79 Å². The van der Waals surface area contributed by atoms with Crippen molar-refractivity contribution in [2.24, 2.45) is 11.7 Å². The molecule has 108 valence electrons. The first kappa shape index (κ1) is 16.1. The van der Waals surface area contributed by atoms with Crippen molar-refractivity contribution in [1.82, 2.24) is 4.90 Å². The number of hydrogen-bond acceptors (Lipinski definition) is 3. The van der Waals surface area contributed by atoms with Gasteiger partial charge >= 0.3 is 6.09 Å². The number of nitrogens with zero attached hydrogens (tertiary/aromatic N) is 1. The summed E-state index contributed by atoms with van der Waals surface area (Å²) >= 11 is 0. The molecule has 2 N–H and O–H groups in total. The van der Waals surface area contributed by atoms with Gasteiger partial charge in [-0.3, -0.25) is 0 Å². The molecule has 0 spiro atoms. The van der Waals surface area contributed by atoms with Gasteiger partial charge in [0, 0.05) is 19.2 Å². The van der Waals surface area contributed by atoms with Crippen LogP contribution in [0, 0.1) is 17.8 Å². The van der Waals surface area contributed by atoms with Crippen molar-refractivity contribution in [3.8, 4) is 11.8 Å². The Morgan fingerprint density at radius 3 is 2.55 bits per heavy atom. The average Bonchev–Trinajstić information content (AvgIpc) is 2.43. The Morgan fingerprint density at radius 2 is 2.00 bits per heavy atom. The molecule has 0 heterocycles. The van der Waals surface area contributed by atoms with Gasteiger partial charge in [0.2, 0.25) is 0 Å². The molecule has 0 saturated carbocycles. The van der Waals surface area contributed by atoms with Crippen molar-refractivity contribution in [2.45, 2.75) is 20.4 Å². The summed E-state index contributed by atoms with van der Waals surface area (Å²) in [5.74, 6) is 6.10. The van der Waals surface area contributed by atoms with Gasteiger partial charge in [-0.15, -0.1) is 0 Å². The van der Waals surface area contributed by atoms with Crippen molar-refractivity contribution in [3.05, 3.63) is 35.4 Å². The summed E-state index contributed by atoms with van der Waals surface area (Å²) in [7, 11) is 1.73. The van der Waals surface area contributed by atoms with Crippen LogP contribution in [0.15, 0.2) is 24.3 Å². The van der Waals surface area contributed by atoms with Gasteiger partial charge in [-0.1, -0.05) is 37.8 Å². The lowest BCUT2D eigenvalue weighted by Gasteiger charge is -2.18. The van der Waals surface area contributed by atoms with Crippen LogP contribution in [0.1, 0.15) is 25.0 Å². The molecular weight excluding hydrogens is 252 g/mol. The Labute approximate surface area is 120 Å². The molecule has 0 atom stereocenters. The lowest BCUT2D eigenvalue weighted by atomic mass is 10.1. The predicted molar refractivity (Wildman–Crippen MR) is 80.0 cm³/mol. The van der Waals surface area contributed by atoms with Gasteiger partial charge in [-0.25, -0.2) is 4.79 Å². The number of nitrogens with two attached hydrogens (primary N) is 1. The highest BCUT2D eigenvalue weighted by Crippen LogP contribution is 2.07. The first-order valence-corrected chi connectivity index (χ1v) is 6.68.